The highest BCUT2D eigenvalue weighted by molar-refractivity contribution is 5.14. The second-order valence-corrected chi connectivity index (χ2v) is 4.91. The maximum atomic E-state index is 8.88. The van der Waals surface area contributed by atoms with Crippen molar-refractivity contribution in [2.75, 3.05) is 6.61 Å². The quantitative estimate of drug-likeness (QED) is 0.710. The van der Waals surface area contributed by atoms with E-state index in [0.717, 1.165) is 17.9 Å². The Morgan fingerprint density at radius 2 is 2.19 bits per heavy atom. The molecule has 0 amide bonds. The summed E-state index contributed by atoms with van der Waals surface area (Å²) in [5.41, 5.74) is 4.11. The Hall–Kier alpha value is -0.820. The fourth-order valence-corrected chi connectivity index (χ4v) is 2.06. The van der Waals surface area contributed by atoms with Gasteiger partial charge in [-0.1, -0.05) is 34.9 Å². The van der Waals surface area contributed by atoms with Crippen LogP contribution in [-0.4, -0.2) is 11.7 Å². The smallest absolute Gasteiger partial charge is 0.0639 e. The third kappa shape index (κ3) is 4.36. The lowest BCUT2D eigenvalue weighted by Crippen LogP contribution is -2.06. The zero-order chi connectivity index (χ0) is 12.0. The van der Waals surface area contributed by atoms with Gasteiger partial charge in [0.25, 0.3) is 0 Å². The van der Waals surface area contributed by atoms with E-state index in [1.54, 1.807) is 5.57 Å². The highest BCUT2D eigenvalue weighted by atomic mass is 16.3. The maximum absolute atomic E-state index is 8.88. The fraction of sp³-hybridized carbons (Fsp3) is 0.600. The molecular weight excluding hydrogens is 196 g/mol. The molecule has 1 aliphatic rings. The third-order valence-electron chi connectivity index (χ3n) is 3.44. The standard InChI is InChI=1S/C15H24O/c1-12-7-9-15(10-8-12)14(3)6-4-5-13(2)11-16/h5-7,15-16H,4,8-11H2,1-3H3/b13-5-,14-6-/t15-/m1/s1. The monoisotopic (exact) mass is 220 g/mol. The molecule has 0 aromatic carbocycles. The van der Waals surface area contributed by atoms with Crippen molar-refractivity contribution < 1.29 is 5.11 Å². The Labute approximate surface area is 99.6 Å². The highest BCUT2D eigenvalue weighted by Gasteiger charge is 2.13. The molecule has 0 radical (unpaired) electrons. The summed E-state index contributed by atoms with van der Waals surface area (Å²) in [7, 11) is 0. The molecule has 0 heterocycles. The van der Waals surface area contributed by atoms with Crippen LogP contribution in [0.4, 0.5) is 0 Å². The van der Waals surface area contributed by atoms with Crippen LogP contribution in [0.2, 0.25) is 0 Å². The molecule has 1 aliphatic carbocycles. The minimum atomic E-state index is 0.179. The predicted octanol–water partition coefficient (Wildman–Crippen LogP) is 4.01. The normalized spacial score (nSPS) is 23.2. The van der Waals surface area contributed by atoms with Gasteiger partial charge in [0.15, 0.2) is 0 Å². The molecule has 0 aromatic rings. The Morgan fingerprint density at radius 1 is 1.44 bits per heavy atom. The molecule has 0 fully saturated rings. The zero-order valence-electron chi connectivity index (χ0n) is 10.8. The second kappa shape index (κ2) is 6.70. The lowest BCUT2D eigenvalue weighted by atomic mass is 9.85. The van der Waals surface area contributed by atoms with Crippen molar-refractivity contribution in [2.24, 2.45) is 5.92 Å². The number of rotatable bonds is 4. The van der Waals surface area contributed by atoms with E-state index >= 15 is 0 Å². The molecule has 0 unspecified atom stereocenters. The van der Waals surface area contributed by atoms with Crippen molar-refractivity contribution >= 4 is 0 Å². The third-order valence-corrected chi connectivity index (χ3v) is 3.44. The van der Waals surface area contributed by atoms with E-state index in [2.05, 4.69) is 32.1 Å². The van der Waals surface area contributed by atoms with E-state index in [0.29, 0.717) is 0 Å². The van der Waals surface area contributed by atoms with Crippen LogP contribution in [0.15, 0.2) is 34.9 Å². The maximum Gasteiger partial charge on any atom is 0.0639 e. The first-order chi connectivity index (χ1) is 7.63. The molecule has 1 heteroatoms. The van der Waals surface area contributed by atoms with Gasteiger partial charge >= 0.3 is 0 Å². The first kappa shape index (κ1) is 13.2. The number of aliphatic hydroxyl groups excluding tert-OH is 1. The number of hydrogen-bond acceptors (Lipinski definition) is 1. The summed E-state index contributed by atoms with van der Waals surface area (Å²) in [6, 6.07) is 0. The molecule has 0 bridgehead atoms. The molecule has 1 atom stereocenters. The van der Waals surface area contributed by atoms with Gasteiger partial charge < -0.3 is 5.11 Å². The molecule has 1 rings (SSSR count). The van der Waals surface area contributed by atoms with Gasteiger partial charge in [0.1, 0.15) is 0 Å². The van der Waals surface area contributed by atoms with Gasteiger partial charge in [0, 0.05) is 0 Å². The first-order valence-electron chi connectivity index (χ1n) is 6.22. The first-order valence-corrected chi connectivity index (χ1v) is 6.22. The van der Waals surface area contributed by atoms with E-state index in [4.69, 9.17) is 5.11 Å². The Morgan fingerprint density at radius 3 is 2.75 bits per heavy atom. The van der Waals surface area contributed by atoms with Gasteiger partial charge in [-0.25, -0.2) is 0 Å². The van der Waals surface area contributed by atoms with Crippen LogP contribution in [0.1, 0.15) is 46.5 Å². The second-order valence-electron chi connectivity index (χ2n) is 4.91. The molecule has 90 valence electrons. The van der Waals surface area contributed by atoms with Crippen LogP contribution < -0.4 is 0 Å². The molecule has 1 N–H and O–H groups in total. The van der Waals surface area contributed by atoms with Gasteiger partial charge in [0.05, 0.1) is 6.61 Å². The summed E-state index contributed by atoms with van der Waals surface area (Å²) in [6.45, 7) is 6.61. The van der Waals surface area contributed by atoms with Gasteiger partial charge in [-0.2, -0.15) is 0 Å². The minimum Gasteiger partial charge on any atom is -0.392 e. The van der Waals surface area contributed by atoms with Crippen molar-refractivity contribution in [1.29, 1.82) is 0 Å². The molecular formula is C15H24O. The molecule has 16 heavy (non-hydrogen) atoms. The van der Waals surface area contributed by atoms with Gasteiger partial charge in [-0.05, 0) is 52.4 Å². The zero-order valence-corrected chi connectivity index (χ0v) is 10.8. The average Bonchev–Trinajstić information content (AvgIpc) is 2.29. The minimum absolute atomic E-state index is 0.179. The molecule has 0 aromatic heterocycles. The van der Waals surface area contributed by atoms with E-state index in [1.165, 1.54) is 24.8 Å². The lowest BCUT2D eigenvalue weighted by molar-refractivity contribution is 0.331. The molecule has 1 nitrogen and oxygen atoms in total. The van der Waals surface area contributed by atoms with Crippen LogP contribution in [-0.2, 0) is 0 Å². The summed E-state index contributed by atoms with van der Waals surface area (Å²) in [5, 5.41) is 8.88. The van der Waals surface area contributed by atoms with E-state index in [1.807, 2.05) is 6.92 Å². The lowest BCUT2D eigenvalue weighted by Gasteiger charge is -2.21. The Kier molecular flexibility index (Phi) is 5.54. The fourth-order valence-electron chi connectivity index (χ4n) is 2.06. The number of aliphatic hydroxyl groups is 1. The van der Waals surface area contributed by atoms with Crippen molar-refractivity contribution in [3.63, 3.8) is 0 Å². The summed E-state index contributed by atoms with van der Waals surface area (Å²) in [4.78, 5) is 0. The Balaban J connectivity index is 2.45. The Bertz CT molecular complexity index is 307. The van der Waals surface area contributed by atoms with Crippen molar-refractivity contribution in [3.05, 3.63) is 34.9 Å². The van der Waals surface area contributed by atoms with Crippen molar-refractivity contribution in [1.82, 2.24) is 0 Å². The largest absolute Gasteiger partial charge is 0.392 e. The average molecular weight is 220 g/mol. The summed E-state index contributed by atoms with van der Waals surface area (Å²) >= 11 is 0. The van der Waals surface area contributed by atoms with Crippen LogP contribution in [0.25, 0.3) is 0 Å². The predicted molar refractivity (Wildman–Crippen MR) is 70.3 cm³/mol. The number of hydrogen-bond donors (Lipinski definition) is 1. The molecule has 0 spiro atoms. The molecule has 0 saturated heterocycles. The van der Waals surface area contributed by atoms with E-state index in [9.17, 15) is 0 Å². The summed E-state index contributed by atoms with van der Waals surface area (Å²) in [5.74, 6) is 0.742. The van der Waals surface area contributed by atoms with Crippen LogP contribution >= 0.6 is 0 Å². The van der Waals surface area contributed by atoms with Gasteiger partial charge in [0.2, 0.25) is 0 Å². The van der Waals surface area contributed by atoms with Crippen LogP contribution in [0, 0.1) is 5.92 Å². The van der Waals surface area contributed by atoms with Gasteiger partial charge in [-0.15, -0.1) is 0 Å². The van der Waals surface area contributed by atoms with E-state index < -0.39 is 0 Å². The van der Waals surface area contributed by atoms with Crippen molar-refractivity contribution in [2.45, 2.75) is 46.5 Å². The van der Waals surface area contributed by atoms with Gasteiger partial charge in [-0.3, -0.25) is 0 Å². The topological polar surface area (TPSA) is 20.2 Å². The van der Waals surface area contributed by atoms with E-state index in [-0.39, 0.29) is 6.61 Å². The molecule has 0 saturated carbocycles. The number of allylic oxidation sites excluding steroid dienone is 5. The van der Waals surface area contributed by atoms with Crippen LogP contribution in [0.3, 0.4) is 0 Å². The van der Waals surface area contributed by atoms with Crippen LogP contribution in [0.5, 0.6) is 0 Å². The summed E-state index contributed by atoms with van der Waals surface area (Å²) in [6.07, 6.45) is 11.5. The summed E-state index contributed by atoms with van der Waals surface area (Å²) < 4.78 is 0. The van der Waals surface area contributed by atoms with Crippen molar-refractivity contribution in [3.8, 4) is 0 Å². The SMILES string of the molecule is CC1=CC[C@@H](/C(C)=C\C/C=C(/C)CO)CC1. The molecule has 0 aliphatic heterocycles. The highest BCUT2D eigenvalue weighted by Crippen LogP contribution is 2.28.